The van der Waals surface area contributed by atoms with Gasteiger partial charge in [0.25, 0.3) is 0 Å². The van der Waals surface area contributed by atoms with Crippen molar-refractivity contribution in [2.45, 2.75) is 18.9 Å². The normalized spacial score (nSPS) is 17.1. The number of nitrogens with one attached hydrogen (secondary N) is 1. The van der Waals surface area contributed by atoms with Crippen LogP contribution in [0.15, 0.2) is 36.5 Å². The highest BCUT2D eigenvalue weighted by atomic mass is 35.5. The van der Waals surface area contributed by atoms with Gasteiger partial charge in [-0.2, -0.15) is 0 Å². The van der Waals surface area contributed by atoms with Crippen molar-refractivity contribution in [3.05, 3.63) is 62.9 Å². The molecule has 26 heavy (non-hydrogen) atoms. The molecule has 1 aromatic carbocycles. The zero-order valence-electron chi connectivity index (χ0n) is 14.4. The third kappa shape index (κ3) is 4.68. The Bertz CT molecular complexity index is 774. The Balaban J connectivity index is 1.86. The van der Waals surface area contributed by atoms with Gasteiger partial charge in [0.2, 0.25) is 5.91 Å². The standard InChI is InChI=1S/C19H20Cl3N3O/c1-25-8-6-12(7-9-25)19(26)24-18(17-5-3-14(20)11-23-17)13-2-4-15(21)16(22)10-13/h2-5,10-12,18H,6-9H2,1H3,(H,24,26)/t18-/m0/s1. The number of carbonyl (C=O) groups excluding carboxylic acids is 1. The minimum atomic E-state index is -0.408. The highest BCUT2D eigenvalue weighted by Crippen LogP contribution is 2.29. The number of nitrogens with zero attached hydrogens (tertiary/aromatic N) is 2. The van der Waals surface area contributed by atoms with Gasteiger partial charge in [-0.15, -0.1) is 0 Å². The Morgan fingerprint density at radius 1 is 1.15 bits per heavy atom. The van der Waals surface area contributed by atoms with Gasteiger partial charge in [0.15, 0.2) is 0 Å². The number of halogens is 3. The molecule has 0 radical (unpaired) electrons. The summed E-state index contributed by atoms with van der Waals surface area (Å²) in [5.74, 6) is 0.0368. The zero-order valence-corrected chi connectivity index (χ0v) is 16.7. The Hall–Kier alpha value is -1.33. The van der Waals surface area contributed by atoms with Crippen LogP contribution >= 0.6 is 34.8 Å². The number of benzene rings is 1. The Morgan fingerprint density at radius 3 is 2.50 bits per heavy atom. The number of piperidine rings is 1. The number of pyridine rings is 1. The molecular weight excluding hydrogens is 393 g/mol. The highest BCUT2D eigenvalue weighted by Gasteiger charge is 2.27. The van der Waals surface area contributed by atoms with Crippen molar-refractivity contribution < 1.29 is 4.79 Å². The largest absolute Gasteiger partial charge is 0.343 e. The van der Waals surface area contributed by atoms with Crippen LogP contribution in [-0.4, -0.2) is 35.9 Å². The zero-order chi connectivity index (χ0) is 18.7. The first kappa shape index (κ1) is 19.4. The maximum Gasteiger partial charge on any atom is 0.224 e. The molecule has 1 saturated heterocycles. The second-order valence-electron chi connectivity index (χ2n) is 6.59. The van der Waals surface area contributed by atoms with Gasteiger partial charge in [-0.05, 0) is 62.8 Å². The van der Waals surface area contributed by atoms with Crippen LogP contribution in [0.5, 0.6) is 0 Å². The molecule has 2 aromatic rings. The van der Waals surface area contributed by atoms with Gasteiger partial charge >= 0.3 is 0 Å². The van der Waals surface area contributed by atoms with Crippen LogP contribution < -0.4 is 5.32 Å². The van der Waals surface area contributed by atoms with Crippen LogP contribution in [0.3, 0.4) is 0 Å². The molecule has 1 fully saturated rings. The quantitative estimate of drug-likeness (QED) is 0.799. The van der Waals surface area contributed by atoms with Crippen LogP contribution in [0, 0.1) is 5.92 Å². The predicted octanol–water partition coefficient (Wildman–Crippen LogP) is 4.59. The van der Waals surface area contributed by atoms with Crippen LogP contribution in [-0.2, 0) is 4.79 Å². The van der Waals surface area contributed by atoms with Gasteiger partial charge in [0, 0.05) is 12.1 Å². The average molecular weight is 413 g/mol. The topological polar surface area (TPSA) is 45.2 Å². The Kier molecular flexibility index (Phi) is 6.41. The summed E-state index contributed by atoms with van der Waals surface area (Å²) in [6, 6.07) is 8.50. The van der Waals surface area contributed by atoms with Gasteiger partial charge in [0.05, 0.1) is 26.8 Å². The monoisotopic (exact) mass is 411 g/mol. The first-order valence-corrected chi connectivity index (χ1v) is 9.63. The maximum absolute atomic E-state index is 12.8. The van der Waals surface area contributed by atoms with Gasteiger partial charge in [-0.25, -0.2) is 0 Å². The van der Waals surface area contributed by atoms with E-state index in [4.69, 9.17) is 34.8 Å². The molecule has 0 spiro atoms. The summed E-state index contributed by atoms with van der Waals surface area (Å²) in [6.07, 6.45) is 3.28. The van der Waals surface area contributed by atoms with Crippen LogP contribution in [0.4, 0.5) is 0 Å². The van der Waals surface area contributed by atoms with Gasteiger partial charge in [-0.3, -0.25) is 9.78 Å². The molecule has 1 atom stereocenters. The molecular formula is C19H20Cl3N3O. The van der Waals surface area contributed by atoms with Crippen LogP contribution in [0.25, 0.3) is 0 Å². The fourth-order valence-electron chi connectivity index (χ4n) is 3.11. The van der Waals surface area contributed by atoms with Crippen molar-refractivity contribution >= 4 is 40.7 Å². The molecule has 0 bridgehead atoms. The fourth-order valence-corrected chi connectivity index (χ4v) is 3.53. The van der Waals surface area contributed by atoms with E-state index >= 15 is 0 Å². The number of aromatic nitrogens is 1. The van der Waals surface area contributed by atoms with E-state index in [1.54, 1.807) is 24.4 Å². The van der Waals surface area contributed by atoms with Crippen LogP contribution in [0.1, 0.15) is 30.1 Å². The lowest BCUT2D eigenvalue weighted by molar-refractivity contribution is -0.126. The van der Waals surface area contributed by atoms with Crippen molar-refractivity contribution in [1.82, 2.24) is 15.2 Å². The number of amides is 1. The predicted molar refractivity (Wildman–Crippen MR) is 106 cm³/mol. The summed E-state index contributed by atoms with van der Waals surface area (Å²) in [4.78, 5) is 19.5. The smallest absolute Gasteiger partial charge is 0.224 e. The second-order valence-corrected chi connectivity index (χ2v) is 7.84. The molecule has 138 valence electrons. The summed E-state index contributed by atoms with van der Waals surface area (Å²) < 4.78 is 0. The van der Waals surface area contributed by atoms with Crippen LogP contribution in [0.2, 0.25) is 15.1 Å². The van der Waals surface area contributed by atoms with Crippen molar-refractivity contribution in [1.29, 1.82) is 0 Å². The van der Waals surface area contributed by atoms with E-state index in [0.29, 0.717) is 20.8 Å². The van der Waals surface area contributed by atoms with E-state index in [9.17, 15) is 4.79 Å². The summed E-state index contributed by atoms with van der Waals surface area (Å²) in [6.45, 7) is 1.85. The SMILES string of the molecule is CN1CCC(C(=O)N[C@@H](c2ccc(Cl)c(Cl)c2)c2ccc(Cl)cn2)CC1. The molecule has 2 heterocycles. The lowest BCUT2D eigenvalue weighted by atomic mass is 9.94. The third-order valence-corrected chi connectivity index (χ3v) is 5.66. The molecule has 0 saturated carbocycles. The average Bonchev–Trinajstić information content (AvgIpc) is 2.63. The van der Waals surface area contributed by atoms with Gasteiger partial charge in [-0.1, -0.05) is 40.9 Å². The third-order valence-electron chi connectivity index (χ3n) is 4.70. The molecule has 0 unspecified atom stereocenters. The molecule has 3 rings (SSSR count). The minimum Gasteiger partial charge on any atom is -0.343 e. The van der Waals surface area contributed by atoms with Crippen molar-refractivity contribution in [3.63, 3.8) is 0 Å². The van der Waals surface area contributed by atoms with E-state index in [1.807, 2.05) is 12.1 Å². The van der Waals surface area contributed by atoms with E-state index in [-0.39, 0.29) is 11.8 Å². The molecule has 7 heteroatoms. The number of carbonyl (C=O) groups is 1. The van der Waals surface area contributed by atoms with Crippen molar-refractivity contribution in [3.8, 4) is 0 Å². The first-order chi connectivity index (χ1) is 12.4. The minimum absolute atomic E-state index is 0.00349. The summed E-state index contributed by atoms with van der Waals surface area (Å²) in [5.41, 5.74) is 1.53. The number of rotatable bonds is 4. The number of hydrogen-bond donors (Lipinski definition) is 1. The highest BCUT2D eigenvalue weighted by molar-refractivity contribution is 6.42. The molecule has 1 aliphatic heterocycles. The maximum atomic E-state index is 12.8. The Morgan fingerprint density at radius 2 is 1.88 bits per heavy atom. The summed E-state index contributed by atoms with van der Waals surface area (Å²) >= 11 is 18.2. The Labute approximate surface area is 168 Å². The first-order valence-electron chi connectivity index (χ1n) is 8.49. The molecule has 1 aliphatic rings. The van der Waals surface area contributed by atoms with Crippen molar-refractivity contribution in [2.75, 3.05) is 20.1 Å². The molecule has 1 N–H and O–H groups in total. The summed E-state index contributed by atoms with van der Waals surface area (Å²) in [7, 11) is 2.07. The number of likely N-dealkylation sites (tertiary alicyclic amines) is 1. The second kappa shape index (κ2) is 8.57. The van der Waals surface area contributed by atoms with Gasteiger partial charge in [0.1, 0.15) is 0 Å². The molecule has 4 nitrogen and oxygen atoms in total. The van der Waals surface area contributed by atoms with E-state index in [1.165, 1.54) is 0 Å². The van der Waals surface area contributed by atoms with Gasteiger partial charge < -0.3 is 10.2 Å². The number of hydrogen-bond acceptors (Lipinski definition) is 3. The van der Waals surface area contributed by atoms with E-state index < -0.39 is 6.04 Å². The van der Waals surface area contributed by atoms with E-state index in [0.717, 1.165) is 31.5 Å². The fraction of sp³-hybridized carbons (Fsp3) is 0.368. The van der Waals surface area contributed by atoms with Crippen molar-refractivity contribution in [2.24, 2.45) is 5.92 Å². The molecule has 0 aliphatic carbocycles. The molecule has 1 amide bonds. The van der Waals surface area contributed by atoms with E-state index in [2.05, 4.69) is 22.2 Å². The lowest BCUT2D eigenvalue weighted by Gasteiger charge is -2.29. The lowest BCUT2D eigenvalue weighted by Crippen LogP contribution is -2.40. The molecule has 1 aromatic heterocycles. The summed E-state index contributed by atoms with van der Waals surface area (Å²) in [5, 5.41) is 4.59.